The summed E-state index contributed by atoms with van der Waals surface area (Å²) in [5.74, 6) is -8.91. The number of hydrogen-bond acceptors (Lipinski definition) is 25. The first-order chi connectivity index (χ1) is 63.8. The summed E-state index contributed by atoms with van der Waals surface area (Å²) in [5, 5.41) is 0.945. The van der Waals surface area contributed by atoms with Crippen molar-refractivity contribution in [3.05, 3.63) is 384 Å². The lowest BCUT2D eigenvalue weighted by atomic mass is 9.96. The van der Waals surface area contributed by atoms with Crippen LogP contribution in [0.1, 0.15) is 159 Å². The maximum absolute atomic E-state index is 15.4. The average molecular weight is 1790 g/mol. The van der Waals surface area contributed by atoms with Crippen molar-refractivity contribution in [2.45, 2.75) is 163 Å². The molecule has 3 aliphatic heterocycles. The highest BCUT2D eigenvalue weighted by Crippen LogP contribution is 2.41. The van der Waals surface area contributed by atoms with Crippen LogP contribution in [-0.4, -0.2) is 181 Å². The Bertz CT molecular complexity index is 5480. The zero-order chi connectivity index (χ0) is 91.5. The van der Waals surface area contributed by atoms with Crippen molar-refractivity contribution in [1.29, 1.82) is 0 Å². The molecule has 0 spiro atoms. The third-order valence-electron chi connectivity index (χ3n) is 22.6. The molecule has 3 fully saturated rings. The number of esters is 9. The predicted octanol–water partition coefficient (Wildman–Crippen LogP) is 16.2. The zero-order valence-corrected chi connectivity index (χ0v) is 73.7. The Morgan fingerprint density at radius 3 is 0.679 bits per heavy atom. The second kappa shape index (κ2) is 45.7. The van der Waals surface area contributed by atoms with Gasteiger partial charge in [0.1, 0.15) is 18.3 Å². The molecule has 0 unspecified atom stereocenters. The summed E-state index contributed by atoms with van der Waals surface area (Å²) >= 11 is 0. The zero-order valence-electron chi connectivity index (χ0n) is 72.7. The molecular formula is C105H102O25Si. The fourth-order valence-electron chi connectivity index (χ4n) is 16.0. The van der Waals surface area contributed by atoms with Crippen molar-refractivity contribution in [3.63, 3.8) is 0 Å². The molecule has 11 aromatic carbocycles. The topological polar surface area (TPSA) is 301 Å². The molecule has 0 radical (unpaired) electrons. The highest BCUT2D eigenvalue weighted by molar-refractivity contribution is 6.99. The van der Waals surface area contributed by atoms with E-state index in [-0.39, 0.29) is 56.7 Å². The molecule has 0 saturated carbocycles. The Kier molecular flexibility index (Phi) is 32.7. The summed E-state index contributed by atoms with van der Waals surface area (Å²) in [6.07, 6.45) is -23.2. The number of carbonyl (C=O) groups excluding carboxylic acids is 9. The van der Waals surface area contributed by atoms with Gasteiger partial charge >= 0.3 is 53.7 Å². The van der Waals surface area contributed by atoms with Gasteiger partial charge in [0.25, 0.3) is 8.32 Å². The normalized spacial score (nSPS) is 21.8. The van der Waals surface area contributed by atoms with Crippen LogP contribution >= 0.6 is 0 Å². The molecule has 3 aliphatic rings. The number of rotatable bonds is 37. The van der Waals surface area contributed by atoms with Crippen LogP contribution in [0.3, 0.4) is 0 Å². The quantitative estimate of drug-likeness (QED) is 0.0151. The summed E-state index contributed by atoms with van der Waals surface area (Å²) in [4.78, 5) is 137. The van der Waals surface area contributed by atoms with Crippen LogP contribution in [0.25, 0.3) is 0 Å². The van der Waals surface area contributed by atoms with Crippen molar-refractivity contribution in [3.8, 4) is 0 Å². The molecule has 0 bridgehead atoms. The SMILES string of the molecule is CCCCCCCCO[C@H]1O[C@H](CO[C@H]2O[C@H](CO[C@H]3O[C@H](CO[Si](c4ccccc4)(c4ccccc4)C(C)(C)C)[C@@H](OC(=O)c4ccccc4)[C@H](OC(=O)c4ccccc4)[C@@H]3OC(=O)c3ccccc3)[C@@H](OC(=O)c3ccccc3)[C@H](OC(=O)c3ccccc3)[C@@H]2OC(=O)c2ccccc2)[C@@H](OC(=O)c2ccccc2)[C@H](OC(=O)c2ccccc2)[C@@H]1OC(=O)c1ccccc1. The fraction of sp³-hybridized carbons (Fsp3) is 0.286. The van der Waals surface area contributed by atoms with Gasteiger partial charge in [-0.05, 0) is 131 Å². The molecule has 0 aliphatic carbocycles. The second-order valence-corrected chi connectivity index (χ2v) is 36.8. The van der Waals surface area contributed by atoms with E-state index < -0.39 is 179 Å². The molecule has 15 atom stereocenters. The number of benzene rings is 11. The highest BCUT2D eigenvalue weighted by Gasteiger charge is 2.60. The van der Waals surface area contributed by atoms with Gasteiger partial charge in [0, 0.05) is 6.61 Å². The third kappa shape index (κ3) is 24.0. The van der Waals surface area contributed by atoms with E-state index in [1.54, 1.807) is 164 Å². The Morgan fingerprint density at radius 1 is 0.244 bits per heavy atom. The van der Waals surface area contributed by atoms with Gasteiger partial charge in [-0.1, -0.05) is 284 Å². The monoisotopic (exact) mass is 1790 g/mol. The first-order valence-electron chi connectivity index (χ1n) is 43.7. The standard InChI is InChI=1S/C105H102O25Si/c1-5-6-7-8-9-43-66-115-102-90(128-99(112)76-56-33-16-34-57-76)87(125-96(109)73-50-27-13-28-51-73)84(122-93(106)70-44-21-10-22-45-70)81(119-102)67-116-103-91(129-100(113)77-58-35-17-36-59-77)88(126-97(110)74-52-29-14-30-53-74)85(123-94(107)71-46-23-11-24-47-71)82(120-103)68-117-104-92(130-101(114)78-60-37-18-38-61-78)89(127-98(111)75-54-31-15-32-55-75)86(124-95(108)72-48-25-12-26-49-72)83(121-104)69-118-131(105(2,3)4,79-62-39-19-40-63-79)80-64-41-20-42-65-80/h10-42,44-65,81-92,102-104H,5-9,43,66-69H2,1-4H3/t81-,82-,83-,84-,85-,86-,87+,88+,89+,90+,91+,92+,102+,103+,104+/m1/s1. The van der Waals surface area contributed by atoms with Gasteiger partial charge in [-0.3, -0.25) is 0 Å². The summed E-state index contributed by atoms with van der Waals surface area (Å²) < 4.78 is 110. The van der Waals surface area contributed by atoms with Crippen LogP contribution in [0.5, 0.6) is 0 Å². The van der Waals surface area contributed by atoms with Crippen molar-refractivity contribution < 1.29 is 119 Å². The van der Waals surface area contributed by atoms with Crippen molar-refractivity contribution in [1.82, 2.24) is 0 Å². The number of carbonyl (C=O) groups is 9. The first-order valence-corrected chi connectivity index (χ1v) is 45.6. The van der Waals surface area contributed by atoms with Gasteiger partial charge in [0.05, 0.1) is 69.9 Å². The summed E-state index contributed by atoms with van der Waals surface area (Å²) in [6.45, 7) is 5.98. The molecule has 0 amide bonds. The Morgan fingerprint density at radius 2 is 0.443 bits per heavy atom. The van der Waals surface area contributed by atoms with Gasteiger partial charge in [-0.2, -0.15) is 0 Å². The summed E-state index contributed by atoms with van der Waals surface area (Å²) in [5.41, 5.74) is 0.111. The lowest BCUT2D eigenvalue weighted by molar-refractivity contribution is -0.339. The second-order valence-electron chi connectivity index (χ2n) is 32.5. The Balaban J connectivity index is 0.931. The lowest BCUT2D eigenvalue weighted by Crippen LogP contribution is -2.69. The molecule has 3 heterocycles. The molecule has 11 aromatic rings. The van der Waals surface area contributed by atoms with Crippen LogP contribution < -0.4 is 10.4 Å². The molecule has 26 heteroatoms. The minimum absolute atomic E-state index is 0.00360. The van der Waals surface area contributed by atoms with Crippen molar-refractivity contribution in [2.75, 3.05) is 26.4 Å². The van der Waals surface area contributed by atoms with Crippen LogP contribution in [0, 0.1) is 0 Å². The number of ether oxygens (including phenoxy) is 15. The Labute approximate surface area is 760 Å². The smallest absolute Gasteiger partial charge is 0.338 e. The molecule has 676 valence electrons. The highest BCUT2D eigenvalue weighted by atomic mass is 28.4. The van der Waals surface area contributed by atoms with Gasteiger partial charge in [-0.25, -0.2) is 43.2 Å². The number of unbranched alkanes of at least 4 members (excludes halogenated alkanes) is 5. The summed E-state index contributed by atoms with van der Waals surface area (Å²) in [7, 11) is -3.69. The molecule has 0 N–H and O–H groups in total. The van der Waals surface area contributed by atoms with E-state index in [1.165, 1.54) is 109 Å². The number of hydrogen-bond donors (Lipinski definition) is 0. The van der Waals surface area contributed by atoms with Gasteiger partial charge in [0.2, 0.25) is 0 Å². The Hall–Kier alpha value is -13.4. The van der Waals surface area contributed by atoms with E-state index in [0.717, 1.165) is 36.1 Å². The third-order valence-corrected chi connectivity index (χ3v) is 27.6. The molecular weight excluding hydrogens is 1690 g/mol. The average Bonchev–Trinajstić information content (AvgIpc) is 0.746. The molecule has 131 heavy (non-hydrogen) atoms. The molecule has 0 aromatic heterocycles. The summed E-state index contributed by atoms with van der Waals surface area (Å²) in [6, 6.07) is 90.0. The van der Waals surface area contributed by atoms with Crippen LogP contribution in [0.2, 0.25) is 5.04 Å². The fourth-order valence-corrected chi connectivity index (χ4v) is 20.5. The molecule has 25 nitrogen and oxygen atoms in total. The first kappa shape index (κ1) is 93.7. The largest absolute Gasteiger partial charge is 0.452 e. The van der Waals surface area contributed by atoms with Gasteiger partial charge in [-0.15, -0.1) is 0 Å². The minimum atomic E-state index is -3.69. The minimum Gasteiger partial charge on any atom is -0.452 e. The van der Waals surface area contributed by atoms with Crippen molar-refractivity contribution >= 4 is 72.4 Å². The van der Waals surface area contributed by atoms with Crippen LogP contribution in [-0.2, 0) is 75.5 Å². The van der Waals surface area contributed by atoms with E-state index >= 15 is 33.6 Å². The lowest BCUT2D eigenvalue weighted by Gasteiger charge is -2.48. The van der Waals surface area contributed by atoms with Gasteiger partial charge < -0.3 is 75.5 Å². The maximum Gasteiger partial charge on any atom is 0.338 e. The van der Waals surface area contributed by atoms with Gasteiger partial charge in [0.15, 0.2) is 73.8 Å². The molecule has 3 saturated heterocycles. The van der Waals surface area contributed by atoms with E-state index in [1.807, 2.05) is 60.7 Å². The molecule has 14 rings (SSSR count). The van der Waals surface area contributed by atoms with E-state index in [2.05, 4.69) is 27.7 Å². The van der Waals surface area contributed by atoms with Crippen LogP contribution in [0.15, 0.2) is 334 Å². The van der Waals surface area contributed by atoms with E-state index in [9.17, 15) is 9.59 Å². The van der Waals surface area contributed by atoms with E-state index in [4.69, 9.17) is 75.5 Å². The van der Waals surface area contributed by atoms with Crippen molar-refractivity contribution in [2.24, 2.45) is 0 Å². The maximum atomic E-state index is 15.4. The van der Waals surface area contributed by atoms with Crippen LogP contribution in [0.4, 0.5) is 0 Å². The van der Waals surface area contributed by atoms with E-state index in [0.29, 0.717) is 12.8 Å². The predicted molar refractivity (Wildman–Crippen MR) is 482 cm³/mol.